The van der Waals surface area contributed by atoms with Crippen LogP contribution in [-0.4, -0.2) is 27.9 Å². The summed E-state index contributed by atoms with van der Waals surface area (Å²) in [7, 11) is 0. The maximum absolute atomic E-state index is 13.6. The molecule has 134 valence electrons. The standard InChI is InChI=1S/C19H21F2NO3/c1-3-5-18(23)22-14(10-12(2)19(24)25)6-4-7-17(22)13-8-9-15(20)16(21)11-13/h3,8-11,14,17H,1,4-7H2,2H3,(H,24,25)/b12-10-/t14-,17+/m1/s1. The minimum absolute atomic E-state index is 0.0939. The number of carbonyl (C=O) groups is 2. The number of piperidine rings is 1. The zero-order valence-electron chi connectivity index (χ0n) is 14.0. The molecule has 0 bridgehead atoms. The van der Waals surface area contributed by atoms with E-state index in [2.05, 4.69) is 6.58 Å². The number of hydrogen-bond donors (Lipinski definition) is 1. The summed E-state index contributed by atoms with van der Waals surface area (Å²) in [5.41, 5.74) is 0.648. The molecule has 0 radical (unpaired) electrons. The number of rotatable bonds is 5. The van der Waals surface area contributed by atoms with Crippen molar-refractivity contribution in [1.29, 1.82) is 0 Å². The summed E-state index contributed by atoms with van der Waals surface area (Å²) in [6.45, 7) is 5.04. The van der Waals surface area contributed by atoms with Gasteiger partial charge in [-0.2, -0.15) is 0 Å². The first kappa shape index (κ1) is 18.8. The van der Waals surface area contributed by atoms with Gasteiger partial charge in [-0.1, -0.05) is 18.2 Å². The van der Waals surface area contributed by atoms with Crippen LogP contribution in [-0.2, 0) is 9.59 Å². The van der Waals surface area contributed by atoms with Crippen LogP contribution >= 0.6 is 0 Å². The predicted molar refractivity (Wildman–Crippen MR) is 89.8 cm³/mol. The number of likely N-dealkylation sites (tertiary alicyclic amines) is 1. The summed E-state index contributed by atoms with van der Waals surface area (Å²) >= 11 is 0. The number of hydrogen-bond acceptors (Lipinski definition) is 2. The average molecular weight is 349 g/mol. The van der Waals surface area contributed by atoms with Crippen LogP contribution in [0.25, 0.3) is 0 Å². The van der Waals surface area contributed by atoms with Gasteiger partial charge < -0.3 is 10.0 Å². The molecule has 2 rings (SSSR count). The van der Waals surface area contributed by atoms with Crippen LogP contribution in [0.15, 0.2) is 42.5 Å². The van der Waals surface area contributed by atoms with E-state index in [0.29, 0.717) is 18.4 Å². The fourth-order valence-corrected chi connectivity index (χ4v) is 3.19. The van der Waals surface area contributed by atoms with Gasteiger partial charge in [0.1, 0.15) is 0 Å². The molecule has 0 aliphatic carbocycles. The Kier molecular flexibility index (Phi) is 6.07. The van der Waals surface area contributed by atoms with Crippen LogP contribution in [0.4, 0.5) is 8.78 Å². The smallest absolute Gasteiger partial charge is 0.331 e. The number of aliphatic carboxylic acids is 1. The zero-order valence-corrected chi connectivity index (χ0v) is 14.0. The molecule has 1 N–H and O–H groups in total. The molecule has 1 heterocycles. The fraction of sp³-hybridized carbons (Fsp3) is 0.368. The normalized spacial score (nSPS) is 21.1. The van der Waals surface area contributed by atoms with E-state index in [-0.39, 0.29) is 17.9 Å². The summed E-state index contributed by atoms with van der Waals surface area (Å²) in [6, 6.07) is 2.77. The Balaban J connectivity index is 2.43. The molecule has 1 amide bonds. The topological polar surface area (TPSA) is 57.6 Å². The second kappa shape index (κ2) is 8.05. The van der Waals surface area contributed by atoms with Crippen molar-refractivity contribution in [3.63, 3.8) is 0 Å². The van der Waals surface area contributed by atoms with Crippen molar-refractivity contribution in [1.82, 2.24) is 4.90 Å². The molecule has 2 atom stereocenters. The quantitative estimate of drug-likeness (QED) is 0.646. The third-order valence-electron chi connectivity index (χ3n) is 4.39. The predicted octanol–water partition coefficient (Wildman–Crippen LogP) is 3.99. The molecule has 0 saturated carbocycles. The molecular formula is C19H21F2NO3. The number of halogens is 2. The second-order valence-corrected chi connectivity index (χ2v) is 6.14. The van der Waals surface area contributed by atoms with Crippen LogP contribution in [0.5, 0.6) is 0 Å². The van der Waals surface area contributed by atoms with Crippen molar-refractivity contribution in [3.05, 3.63) is 59.7 Å². The number of carbonyl (C=O) groups excluding carboxylic acids is 1. The lowest BCUT2D eigenvalue weighted by Gasteiger charge is -2.41. The van der Waals surface area contributed by atoms with E-state index in [9.17, 15) is 18.4 Å². The van der Waals surface area contributed by atoms with Crippen LogP contribution in [0.3, 0.4) is 0 Å². The SMILES string of the molecule is C=CCC(=O)N1[C@@H](/C=C(/C)C(=O)O)CCC[C@H]1c1ccc(F)c(F)c1. The number of amides is 1. The van der Waals surface area contributed by atoms with Crippen molar-refractivity contribution in [2.75, 3.05) is 0 Å². The summed E-state index contributed by atoms with van der Waals surface area (Å²) in [6.07, 6.45) is 5.09. The van der Waals surface area contributed by atoms with E-state index >= 15 is 0 Å². The molecule has 1 aromatic carbocycles. The van der Waals surface area contributed by atoms with Crippen molar-refractivity contribution < 1.29 is 23.5 Å². The van der Waals surface area contributed by atoms with Gasteiger partial charge in [0, 0.05) is 12.0 Å². The highest BCUT2D eigenvalue weighted by Crippen LogP contribution is 2.36. The molecule has 0 unspecified atom stereocenters. The van der Waals surface area contributed by atoms with Gasteiger partial charge in [-0.05, 0) is 43.9 Å². The van der Waals surface area contributed by atoms with E-state index in [1.54, 1.807) is 11.0 Å². The van der Waals surface area contributed by atoms with E-state index < -0.39 is 29.7 Å². The zero-order chi connectivity index (χ0) is 18.6. The van der Waals surface area contributed by atoms with Crippen LogP contribution < -0.4 is 0 Å². The minimum atomic E-state index is -1.05. The number of carboxylic acids is 1. The Morgan fingerprint density at radius 1 is 1.32 bits per heavy atom. The highest BCUT2D eigenvalue weighted by molar-refractivity contribution is 5.86. The average Bonchev–Trinajstić information content (AvgIpc) is 2.57. The van der Waals surface area contributed by atoms with E-state index in [4.69, 9.17) is 5.11 Å². The summed E-state index contributed by atoms with van der Waals surface area (Å²) < 4.78 is 26.9. The first-order valence-corrected chi connectivity index (χ1v) is 8.14. The van der Waals surface area contributed by atoms with Crippen molar-refractivity contribution in [2.24, 2.45) is 0 Å². The first-order chi connectivity index (χ1) is 11.8. The molecule has 1 fully saturated rings. The molecule has 6 heteroatoms. The lowest BCUT2D eigenvalue weighted by atomic mass is 9.89. The fourth-order valence-electron chi connectivity index (χ4n) is 3.19. The molecule has 1 saturated heterocycles. The minimum Gasteiger partial charge on any atom is -0.478 e. The van der Waals surface area contributed by atoms with Gasteiger partial charge in [-0.15, -0.1) is 6.58 Å². The maximum atomic E-state index is 13.6. The Hall–Kier alpha value is -2.50. The number of nitrogens with zero attached hydrogens (tertiary/aromatic N) is 1. The van der Waals surface area contributed by atoms with E-state index in [0.717, 1.165) is 18.6 Å². The Morgan fingerprint density at radius 2 is 2.04 bits per heavy atom. The third-order valence-corrected chi connectivity index (χ3v) is 4.39. The van der Waals surface area contributed by atoms with Crippen LogP contribution in [0.1, 0.15) is 44.2 Å². The van der Waals surface area contributed by atoms with Crippen molar-refractivity contribution >= 4 is 11.9 Å². The highest BCUT2D eigenvalue weighted by Gasteiger charge is 2.34. The summed E-state index contributed by atoms with van der Waals surface area (Å²) in [5.74, 6) is -3.18. The molecule has 25 heavy (non-hydrogen) atoms. The largest absolute Gasteiger partial charge is 0.478 e. The molecule has 0 aromatic heterocycles. The summed E-state index contributed by atoms with van der Waals surface area (Å²) in [5, 5.41) is 9.11. The lowest BCUT2D eigenvalue weighted by Crippen LogP contribution is -2.45. The molecule has 4 nitrogen and oxygen atoms in total. The van der Waals surface area contributed by atoms with Crippen molar-refractivity contribution in [2.45, 2.75) is 44.7 Å². The van der Waals surface area contributed by atoms with Gasteiger partial charge in [-0.3, -0.25) is 4.79 Å². The van der Waals surface area contributed by atoms with Gasteiger partial charge in [0.2, 0.25) is 5.91 Å². The molecular weight excluding hydrogens is 328 g/mol. The van der Waals surface area contributed by atoms with Crippen LogP contribution in [0.2, 0.25) is 0 Å². The van der Waals surface area contributed by atoms with Crippen molar-refractivity contribution in [3.8, 4) is 0 Å². The first-order valence-electron chi connectivity index (χ1n) is 8.14. The van der Waals surface area contributed by atoms with Gasteiger partial charge in [0.05, 0.1) is 12.1 Å². The molecule has 1 aliphatic rings. The van der Waals surface area contributed by atoms with Gasteiger partial charge in [0.15, 0.2) is 11.6 Å². The number of benzene rings is 1. The summed E-state index contributed by atoms with van der Waals surface area (Å²) in [4.78, 5) is 25.3. The van der Waals surface area contributed by atoms with Gasteiger partial charge >= 0.3 is 5.97 Å². The van der Waals surface area contributed by atoms with E-state index in [1.807, 2.05) is 0 Å². The van der Waals surface area contributed by atoms with Gasteiger partial charge in [0.25, 0.3) is 0 Å². The van der Waals surface area contributed by atoms with Gasteiger partial charge in [-0.25, -0.2) is 13.6 Å². The van der Waals surface area contributed by atoms with Crippen LogP contribution in [0, 0.1) is 11.6 Å². The molecule has 1 aromatic rings. The third kappa shape index (κ3) is 4.32. The lowest BCUT2D eigenvalue weighted by molar-refractivity contribution is -0.137. The molecule has 1 aliphatic heterocycles. The Labute approximate surface area is 145 Å². The Morgan fingerprint density at radius 3 is 2.64 bits per heavy atom. The number of carboxylic acid groups (broad SMARTS) is 1. The second-order valence-electron chi connectivity index (χ2n) is 6.14. The maximum Gasteiger partial charge on any atom is 0.331 e. The monoisotopic (exact) mass is 349 g/mol. The van der Waals surface area contributed by atoms with E-state index in [1.165, 1.54) is 19.1 Å². The molecule has 0 spiro atoms. The highest BCUT2D eigenvalue weighted by atomic mass is 19.2. The Bertz CT molecular complexity index is 715.